The quantitative estimate of drug-likeness (QED) is 0.838. The van der Waals surface area contributed by atoms with Crippen LogP contribution < -0.4 is 10.2 Å². The predicted molar refractivity (Wildman–Crippen MR) is 97.1 cm³/mol. The summed E-state index contributed by atoms with van der Waals surface area (Å²) in [5, 5.41) is 4.49. The van der Waals surface area contributed by atoms with Gasteiger partial charge in [0.2, 0.25) is 5.95 Å². The number of halogens is 2. The lowest BCUT2D eigenvalue weighted by Crippen LogP contribution is -2.35. The molecule has 3 rings (SSSR count). The zero-order chi connectivity index (χ0) is 16.4. The third kappa shape index (κ3) is 4.06. The van der Waals surface area contributed by atoms with Crippen molar-refractivity contribution >= 4 is 40.7 Å². The first-order valence-electron chi connectivity index (χ1n) is 7.84. The molecule has 1 atom stereocenters. The first kappa shape index (κ1) is 16.3. The van der Waals surface area contributed by atoms with Crippen LogP contribution in [0.2, 0.25) is 10.0 Å². The molecule has 1 aromatic carbocycles. The van der Waals surface area contributed by atoms with Gasteiger partial charge in [0.05, 0.1) is 10.7 Å². The van der Waals surface area contributed by atoms with E-state index >= 15 is 0 Å². The summed E-state index contributed by atoms with van der Waals surface area (Å²) in [4.78, 5) is 11.5. The number of nitrogens with zero attached hydrogens (tertiary/aromatic N) is 3. The van der Waals surface area contributed by atoms with Crippen LogP contribution in [-0.4, -0.2) is 23.1 Å². The summed E-state index contributed by atoms with van der Waals surface area (Å²) in [5.41, 5.74) is 1.67. The van der Waals surface area contributed by atoms with E-state index in [1.807, 2.05) is 13.0 Å². The van der Waals surface area contributed by atoms with Crippen LogP contribution in [0.3, 0.4) is 0 Å². The van der Waals surface area contributed by atoms with Crippen molar-refractivity contribution < 1.29 is 0 Å². The number of hydrogen-bond acceptors (Lipinski definition) is 4. The van der Waals surface area contributed by atoms with Gasteiger partial charge in [0, 0.05) is 29.9 Å². The van der Waals surface area contributed by atoms with Gasteiger partial charge >= 0.3 is 0 Å². The Morgan fingerprint density at radius 2 is 2.04 bits per heavy atom. The maximum atomic E-state index is 6.22. The number of aromatic nitrogens is 2. The molecule has 1 aliphatic heterocycles. The van der Waals surface area contributed by atoms with Crippen molar-refractivity contribution in [3.05, 3.63) is 40.0 Å². The van der Waals surface area contributed by atoms with Crippen molar-refractivity contribution in [3.63, 3.8) is 0 Å². The van der Waals surface area contributed by atoms with E-state index in [1.165, 1.54) is 12.8 Å². The van der Waals surface area contributed by atoms with E-state index in [-0.39, 0.29) is 0 Å². The van der Waals surface area contributed by atoms with Gasteiger partial charge in [0.25, 0.3) is 0 Å². The molecule has 0 amide bonds. The molecule has 1 saturated heterocycles. The highest BCUT2D eigenvalue weighted by Gasteiger charge is 2.19. The molecule has 0 saturated carbocycles. The lowest BCUT2D eigenvalue weighted by molar-refractivity contribution is 0.442. The monoisotopic (exact) mass is 350 g/mol. The van der Waals surface area contributed by atoms with Gasteiger partial charge in [0.15, 0.2) is 0 Å². The van der Waals surface area contributed by atoms with Crippen molar-refractivity contribution in [2.75, 3.05) is 23.3 Å². The van der Waals surface area contributed by atoms with Gasteiger partial charge in [-0.3, -0.25) is 0 Å². The Kier molecular flexibility index (Phi) is 4.93. The van der Waals surface area contributed by atoms with Crippen molar-refractivity contribution in [1.29, 1.82) is 0 Å². The van der Waals surface area contributed by atoms with Gasteiger partial charge in [-0.15, -0.1) is 0 Å². The van der Waals surface area contributed by atoms with Crippen LogP contribution in [0, 0.1) is 12.8 Å². The molecular formula is C17H20Cl2N4. The first-order chi connectivity index (χ1) is 11.0. The average molecular weight is 351 g/mol. The summed E-state index contributed by atoms with van der Waals surface area (Å²) in [5.74, 6) is 2.18. The second kappa shape index (κ2) is 6.93. The fraction of sp³-hybridized carbons (Fsp3) is 0.412. The van der Waals surface area contributed by atoms with E-state index in [0.717, 1.165) is 36.2 Å². The third-order valence-electron chi connectivity index (χ3n) is 3.97. The van der Waals surface area contributed by atoms with Gasteiger partial charge < -0.3 is 10.2 Å². The van der Waals surface area contributed by atoms with Crippen LogP contribution in [0.5, 0.6) is 0 Å². The number of nitrogens with one attached hydrogen (secondary N) is 1. The molecule has 0 bridgehead atoms. The van der Waals surface area contributed by atoms with Gasteiger partial charge in [-0.2, -0.15) is 4.98 Å². The highest BCUT2D eigenvalue weighted by Crippen LogP contribution is 2.29. The van der Waals surface area contributed by atoms with Crippen LogP contribution in [0.25, 0.3) is 0 Å². The van der Waals surface area contributed by atoms with Crippen LogP contribution in [-0.2, 0) is 0 Å². The molecule has 1 aromatic heterocycles. The number of piperidine rings is 1. The fourth-order valence-corrected chi connectivity index (χ4v) is 3.20. The van der Waals surface area contributed by atoms with Crippen LogP contribution in [0.4, 0.5) is 17.5 Å². The Balaban J connectivity index is 1.87. The number of benzene rings is 1. The standard InChI is InChI=1S/C17H20Cl2N4/c1-11-4-3-7-23(10-11)17-20-12(2)8-16(22-17)21-15-9-13(18)5-6-14(15)19/h5-6,8-9,11H,3-4,7,10H2,1-2H3,(H,20,21,22). The smallest absolute Gasteiger partial charge is 0.227 e. The van der Waals surface area contributed by atoms with Gasteiger partial charge in [-0.1, -0.05) is 30.1 Å². The summed E-state index contributed by atoms with van der Waals surface area (Å²) < 4.78 is 0. The highest BCUT2D eigenvalue weighted by atomic mass is 35.5. The fourth-order valence-electron chi connectivity index (χ4n) is 2.86. The summed E-state index contributed by atoms with van der Waals surface area (Å²) in [6.45, 7) is 6.25. The molecule has 1 N–H and O–H groups in total. The van der Waals surface area contributed by atoms with E-state index in [9.17, 15) is 0 Å². The minimum atomic E-state index is 0.610. The molecule has 122 valence electrons. The lowest BCUT2D eigenvalue weighted by atomic mass is 10.0. The van der Waals surface area contributed by atoms with Crippen molar-refractivity contribution in [2.24, 2.45) is 5.92 Å². The van der Waals surface area contributed by atoms with Crippen LogP contribution >= 0.6 is 23.2 Å². The highest BCUT2D eigenvalue weighted by molar-refractivity contribution is 6.35. The molecule has 0 aliphatic carbocycles. The molecular weight excluding hydrogens is 331 g/mol. The average Bonchev–Trinajstić information content (AvgIpc) is 2.50. The summed E-state index contributed by atoms with van der Waals surface area (Å²) in [6.07, 6.45) is 2.45. The second-order valence-corrected chi connectivity index (χ2v) is 6.98. The molecule has 1 fully saturated rings. The lowest BCUT2D eigenvalue weighted by Gasteiger charge is -2.31. The van der Waals surface area contributed by atoms with Gasteiger partial charge in [0.1, 0.15) is 5.82 Å². The predicted octanol–water partition coefficient (Wildman–Crippen LogP) is 5.07. The molecule has 4 nitrogen and oxygen atoms in total. The van der Waals surface area contributed by atoms with Crippen molar-refractivity contribution in [2.45, 2.75) is 26.7 Å². The Morgan fingerprint density at radius 3 is 2.83 bits per heavy atom. The molecule has 6 heteroatoms. The number of aryl methyl sites for hydroxylation is 1. The number of rotatable bonds is 3. The molecule has 0 spiro atoms. The maximum Gasteiger partial charge on any atom is 0.227 e. The summed E-state index contributed by atoms with van der Waals surface area (Å²) in [6, 6.07) is 7.24. The van der Waals surface area contributed by atoms with E-state index in [1.54, 1.807) is 18.2 Å². The Labute approximate surface area is 146 Å². The van der Waals surface area contributed by atoms with E-state index in [2.05, 4.69) is 27.1 Å². The molecule has 23 heavy (non-hydrogen) atoms. The van der Waals surface area contributed by atoms with E-state index < -0.39 is 0 Å². The summed E-state index contributed by atoms with van der Waals surface area (Å²) >= 11 is 12.3. The van der Waals surface area contributed by atoms with Crippen LogP contribution in [0.1, 0.15) is 25.5 Å². The number of hydrogen-bond donors (Lipinski definition) is 1. The minimum Gasteiger partial charge on any atom is -0.340 e. The Hall–Kier alpha value is -1.52. The Bertz CT molecular complexity index is 705. The molecule has 0 radical (unpaired) electrons. The topological polar surface area (TPSA) is 41.1 Å². The van der Waals surface area contributed by atoms with E-state index in [4.69, 9.17) is 23.2 Å². The molecule has 1 aliphatic rings. The summed E-state index contributed by atoms with van der Waals surface area (Å²) in [7, 11) is 0. The first-order valence-corrected chi connectivity index (χ1v) is 8.59. The van der Waals surface area contributed by atoms with Crippen molar-refractivity contribution in [1.82, 2.24) is 9.97 Å². The largest absolute Gasteiger partial charge is 0.340 e. The maximum absolute atomic E-state index is 6.22. The second-order valence-electron chi connectivity index (χ2n) is 6.14. The molecule has 2 aromatic rings. The van der Waals surface area contributed by atoms with Gasteiger partial charge in [-0.05, 0) is 43.9 Å². The SMILES string of the molecule is Cc1cc(Nc2cc(Cl)ccc2Cl)nc(N2CCCC(C)C2)n1. The zero-order valence-electron chi connectivity index (χ0n) is 13.3. The number of anilines is 3. The minimum absolute atomic E-state index is 0.610. The van der Waals surface area contributed by atoms with Crippen molar-refractivity contribution in [3.8, 4) is 0 Å². The molecule has 1 unspecified atom stereocenters. The van der Waals surface area contributed by atoms with Crippen LogP contribution in [0.15, 0.2) is 24.3 Å². The normalized spacial score (nSPS) is 18.1. The van der Waals surface area contributed by atoms with Gasteiger partial charge in [-0.25, -0.2) is 4.98 Å². The van der Waals surface area contributed by atoms with E-state index in [0.29, 0.717) is 16.0 Å². The Morgan fingerprint density at radius 1 is 1.22 bits per heavy atom. The molecule has 2 heterocycles. The third-order valence-corrected chi connectivity index (χ3v) is 4.54. The zero-order valence-corrected chi connectivity index (χ0v) is 14.8.